The van der Waals surface area contributed by atoms with Gasteiger partial charge in [0, 0.05) is 0 Å². The van der Waals surface area contributed by atoms with Crippen molar-refractivity contribution in [2.45, 2.75) is 43.9 Å². The van der Waals surface area contributed by atoms with Gasteiger partial charge in [-0.1, -0.05) is 24.4 Å². The molecule has 1 aliphatic carbocycles. The van der Waals surface area contributed by atoms with E-state index < -0.39 is 0 Å². The van der Waals surface area contributed by atoms with Crippen molar-refractivity contribution in [1.82, 2.24) is 0 Å². The average molecular weight is 176 g/mol. The number of rotatable bonds is 0. The largest absolute Gasteiger partial charge is 0.411 e. The SMILES string of the molecule is ON=C1CCCCCCC1Cl. The molecule has 1 rings (SSSR count). The van der Waals surface area contributed by atoms with Crippen molar-refractivity contribution in [1.29, 1.82) is 0 Å². The Morgan fingerprint density at radius 2 is 2.00 bits per heavy atom. The maximum Gasteiger partial charge on any atom is 0.0751 e. The quantitative estimate of drug-likeness (QED) is 0.343. The summed E-state index contributed by atoms with van der Waals surface area (Å²) in [6.07, 6.45) is 6.60. The summed E-state index contributed by atoms with van der Waals surface area (Å²) < 4.78 is 0. The highest BCUT2D eigenvalue weighted by molar-refractivity contribution is 6.32. The first-order chi connectivity index (χ1) is 5.34. The van der Waals surface area contributed by atoms with Crippen LogP contribution in [0.5, 0.6) is 0 Å². The molecule has 0 saturated heterocycles. The summed E-state index contributed by atoms with van der Waals surface area (Å²) in [5.74, 6) is 0. The maximum atomic E-state index is 8.58. The lowest BCUT2D eigenvalue weighted by Crippen LogP contribution is -2.16. The Morgan fingerprint density at radius 1 is 1.27 bits per heavy atom. The van der Waals surface area contributed by atoms with E-state index in [0.717, 1.165) is 31.4 Å². The second-order valence-electron chi connectivity index (χ2n) is 3.01. The van der Waals surface area contributed by atoms with Gasteiger partial charge in [0.2, 0.25) is 0 Å². The van der Waals surface area contributed by atoms with Crippen LogP contribution in [0, 0.1) is 0 Å². The summed E-state index contributed by atoms with van der Waals surface area (Å²) in [5, 5.41) is 11.8. The molecule has 0 heterocycles. The number of alkyl halides is 1. The van der Waals surface area contributed by atoms with Crippen LogP contribution in [0.3, 0.4) is 0 Å². The molecule has 0 radical (unpaired) electrons. The molecular weight excluding hydrogens is 162 g/mol. The lowest BCUT2D eigenvalue weighted by molar-refractivity contribution is 0.315. The molecule has 1 N–H and O–H groups in total. The lowest BCUT2D eigenvalue weighted by Gasteiger charge is -2.14. The smallest absolute Gasteiger partial charge is 0.0751 e. The summed E-state index contributed by atoms with van der Waals surface area (Å²) in [6.45, 7) is 0. The maximum absolute atomic E-state index is 8.58. The topological polar surface area (TPSA) is 32.6 Å². The van der Waals surface area contributed by atoms with Crippen LogP contribution in [0.4, 0.5) is 0 Å². The molecule has 1 fully saturated rings. The number of oxime groups is 1. The number of nitrogens with zero attached hydrogens (tertiary/aromatic N) is 1. The first kappa shape index (κ1) is 8.85. The molecule has 1 unspecified atom stereocenters. The molecule has 1 aliphatic rings. The molecule has 64 valence electrons. The van der Waals surface area contributed by atoms with Crippen LogP contribution in [-0.4, -0.2) is 16.3 Å². The Balaban J connectivity index is 2.46. The fourth-order valence-electron chi connectivity index (χ4n) is 1.42. The van der Waals surface area contributed by atoms with E-state index in [1.807, 2.05) is 0 Å². The van der Waals surface area contributed by atoms with Crippen molar-refractivity contribution in [2.75, 3.05) is 0 Å². The van der Waals surface area contributed by atoms with Crippen molar-refractivity contribution in [2.24, 2.45) is 5.16 Å². The van der Waals surface area contributed by atoms with Gasteiger partial charge in [0.15, 0.2) is 0 Å². The molecule has 11 heavy (non-hydrogen) atoms. The molecule has 0 amide bonds. The second-order valence-corrected chi connectivity index (χ2v) is 3.54. The normalized spacial score (nSPS) is 31.4. The zero-order valence-electron chi connectivity index (χ0n) is 6.59. The van der Waals surface area contributed by atoms with E-state index in [4.69, 9.17) is 16.8 Å². The van der Waals surface area contributed by atoms with Crippen molar-refractivity contribution in [3.8, 4) is 0 Å². The highest BCUT2D eigenvalue weighted by Gasteiger charge is 2.15. The van der Waals surface area contributed by atoms with Crippen LogP contribution in [0.25, 0.3) is 0 Å². The Hall–Kier alpha value is -0.240. The number of hydrogen-bond acceptors (Lipinski definition) is 2. The molecule has 0 bridgehead atoms. The van der Waals surface area contributed by atoms with Gasteiger partial charge in [-0.05, 0) is 19.3 Å². The third-order valence-electron chi connectivity index (χ3n) is 2.13. The summed E-state index contributed by atoms with van der Waals surface area (Å²) in [7, 11) is 0. The van der Waals surface area contributed by atoms with E-state index in [0.29, 0.717) is 0 Å². The van der Waals surface area contributed by atoms with Crippen molar-refractivity contribution < 1.29 is 5.21 Å². The third-order valence-corrected chi connectivity index (χ3v) is 2.60. The Kier molecular flexibility index (Phi) is 3.70. The predicted molar refractivity (Wildman–Crippen MR) is 46.6 cm³/mol. The molecule has 2 nitrogen and oxygen atoms in total. The van der Waals surface area contributed by atoms with E-state index in [9.17, 15) is 0 Å². The van der Waals surface area contributed by atoms with Crippen LogP contribution in [0.1, 0.15) is 38.5 Å². The third kappa shape index (κ3) is 2.70. The molecule has 1 atom stereocenters. The van der Waals surface area contributed by atoms with Gasteiger partial charge >= 0.3 is 0 Å². The molecule has 1 saturated carbocycles. The fraction of sp³-hybridized carbons (Fsp3) is 0.875. The standard InChI is InChI=1S/C8H14ClNO/c9-7-5-3-1-2-4-6-8(7)10-11/h7,11H,1-6H2. The average Bonchev–Trinajstić information content (AvgIpc) is 1.98. The van der Waals surface area contributed by atoms with Gasteiger partial charge in [-0.3, -0.25) is 0 Å². The van der Waals surface area contributed by atoms with E-state index >= 15 is 0 Å². The Bertz CT molecular complexity index is 147. The first-order valence-corrected chi connectivity index (χ1v) is 4.63. The van der Waals surface area contributed by atoms with E-state index in [1.54, 1.807) is 0 Å². The molecule has 3 heteroatoms. The summed E-state index contributed by atoms with van der Waals surface area (Å²) >= 11 is 5.97. The van der Waals surface area contributed by atoms with Crippen molar-refractivity contribution >= 4 is 17.3 Å². The minimum absolute atomic E-state index is 0.0275. The molecule has 0 aliphatic heterocycles. The van der Waals surface area contributed by atoms with Crippen molar-refractivity contribution in [3.63, 3.8) is 0 Å². The fourth-order valence-corrected chi connectivity index (χ4v) is 1.73. The van der Waals surface area contributed by atoms with E-state index in [2.05, 4.69) is 5.16 Å². The van der Waals surface area contributed by atoms with Gasteiger partial charge in [-0.15, -0.1) is 11.6 Å². The van der Waals surface area contributed by atoms with Gasteiger partial charge < -0.3 is 5.21 Å². The van der Waals surface area contributed by atoms with Gasteiger partial charge in [-0.25, -0.2) is 0 Å². The van der Waals surface area contributed by atoms with Gasteiger partial charge in [0.1, 0.15) is 0 Å². The predicted octanol–water partition coefficient (Wildman–Crippen LogP) is 2.78. The van der Waals surface area contributed by atoms with Crippen LogP contribution >= 0.6 is 11.6 Å². The van der Waals surface area contributed by atoms with Gasteiger partial charge in [-0.2, -0.15) is 0 Å². The van der Waals surface area contributed by atoms with Crippen LogP contribution < -0.4 is 0 Å². The van der Waals surface area contributed by atoms with Crippen LogP contribution in [0.15, 0.2) is 5.16 Å². The Morgan fingerprint density at radius 3 is 2.73 bits per heavy atom. The second kappa shape index (κ2) is 4.60. The van der Waals surface area contributed by atoms with Crippen LogP contribution in [-0.2, 0) is 0 Å². The number of halogens is 1. The summed E-state index contributed by atoms with van der Waals surface area (Å²) in [6, 6.07) is 0. The molecule has 0 aromatic carbocycles. The highest BCUT2D eigenvalue weighted by atomic mass is 35.5. The van der Waals surface area contributed by atoms with E-state index in [1.165, 1.54) is 12.8 Å². The van der Waals surface area contributed by atoms with E-state index in [-0.39, 0.29) is 5.38 Å². The van der Waals surface area contributed by atoms with Crippen LogP contribution in [0.2, 0.25) is 0 Å². The summed E-state index contributed by atoms with van der Waals surface area (Å²) in [4.78, 5) is 0. The zero-order chi connectivity index (χ0) is 8.10. The Labute approximate surface area is 72.2 Å². The number of hydrogen-bond donors (Lipinski definition) is 1. The van der Waals surface area contributed by atoms with Gasteiger partial charge in [0.05, 0.1) is 11.1 Å². The monoisotopic (exact) mass is 175 g/mol. The lowest BCUT2D eigenvalue weighted by atomic mass is 9.99. The summed E-state index contributed by atoms with van der Waals surface area (Å²) in [5.41, 5.74) is 0.770. The van der Waals surface area contributed by atoms with Crippen molar-refractivity contribution in [3.05, 3.63) is 0 Å². The minimum Gasteiger partial charge on any atom is -0.411 e. The molecule has 0 aromatic heterocycles. The first-order valence-electron chi connectivity index (χ1n) is 4.19. The minimum atomic E-state index is -0.0275. The molecule has 0 spiro atoms. The molecule has 0 aromatic rings. The molecular formula is C8H14ClNO. The highest BCUT2D eigenvalue weighted by Crippen LogP contribution is 2.19. The zero-order valence-corrected chi connectivity index (χ0v) is 7.35. The van der Waals surface area contributed by atoms with Gasteiger partial charge in [0.25, 0.3) is 0 Å².